The topological polar surface area (TPSA) is 20.2 Å². The molecule has 1 nitrogen and oxygen atoms in total. The highest BCUT2D eigenvalue weighted by Gasteiger charge is 2.14. The molecule has 0 bridgehead atoms. The van der Waals surface area contributed by atoms with E-state index in [-0.39, 0.29) is 0 Å². The lowest BCUT2D eigenvalue weighted by Crippen LogP contribution is -2.16. The summed E-state index contributed by atoms with van der Waals surface area (Å²) in [6.45, 7) is 13.7. The van der Waals surface area contributed by atoms with E-state index in [0.29, 0.717) is 10.9 Å². The molecule has 0 spiro atoms. The average Bonchev–Trinajstić information content (AvgIpc) is 2.21. The highest BCUT2D eigenvalue weighted by Crippen LogP contribution is 2.07. The smallest absolute Gasteiger partial charge is 0.357 e. The van der Waals surface area contributed by atoms with Crippen LogP contribution in [-0.2, 0) is 0 Å². The van der Waals surface area contributed by atoms with Crippen LogP contribution in [0.3, 0.4) is 0 Å². The van der Waals surface area contributed by atoms with Crippen LogP contribution in [-0.4, -0.2) is 11.9 Å². The van der Waals surface area contributed by atoms with Crippen LogP contribution in [0.2, 0.25) is 0 Å². The van der Waals surface area contributed by atoms with E-state index in [9.17, 15) is 5.02 Å². The summed E-state index contributed by atoms with van der Waals surface area (Å²) in [6.07, 6.45) is 10.1. The van der Waals surface area contributed by atoms with Crippen LogP contribution in [0.5, 0.6) is 0 Å². The Kier molecular flexibility index (Phi) is 6.17. The van der Waals surface area contributed by atoms with Crippen molar-refractivity contribution in [1.82, 2.24) is 0 Å². The van der Waals surface area contributed by atoms with Crippen molar-refractivity contribution >= 4 is 6.92 Å². The number of allylic oxidation sites excluding steroid dienone is 8. The van der Waals surface area contributed by atoms with Crippen molar-refractivity contribution in [2.45, 2.75) is 0 Å². The summed E-state index contributed by atoms with van der Waals surface area (Å²) >= 11 is 0. The normalized spacial score (nSPS) is 10.4. The molecule has 2 heteroatoms. The summed E-state index contributed by atoms with van der Waals surface area (Å²) in [6, 6.07) is 0. The zero-order valence-corrected chi connectivity index (χ0v) is 8.32. The van der Waals surface area contributed by atoms with Crippen LogP contribution in [0.4, 0.5) is 0 Å². The van der Waals surface area contributed by atoms with Crippen LogP contribution >= 0.6 is 0 Å². The maximum absolute atomic E-state index is 9.67. The minimum atomic E-state index is -0.748. The second-order valence-electron chi connectivity index (χ2n) is 2.74. The van der Waals surface area contributed by atoms with E-state index in [1.54, 1.807) is 36.5 Å². The first-order valence-corrected chi connectivity index (χ1v) is 4.27. The third-order valence-corrected chi connectivity index (χ3v) is 1.60. The van der Waals surface area contributed by atoms with Gasteiger partial charge >= 0.3 is 6.92 Å². The van der Waals surface area contributed by atoms with Gasteiger partial charge in [-0.25, -0.2) is 0 Å². The van der Waals surface area contributed by atoms with Gasteiger partial charge < -0.3 is 5.02 Å². The van der Waals surface area contributed by atoms with Crippen molar-refractivity contribution in [2.24, 2.45) is 0 Å². The van der Waals surface area contributed by atoms with Crippen molar-refractivity contribution in [3.05, 3.63) is 73.7 Å². The third-order valence-electron chi connectivity index (χ3n) is 1.60. The standard InChI is InChI=1S/C12H15BO/c1-5-7-9-11(3)13(14)12(4)10-8-6-2/h5-10,14H,1-4H2/b9-7-,10-8-. The van der Waals surface area contributed by atoms with Gasteiger partial charge in [-0.15, -0.1) is 13.2 Å². The molecule has 0 aromatic carbocycles. The fourth-order valence-corrected chi connectivity index (χ4v) is 0.804. The maximum Gasteiger partial charge on any atom is 0.357 e. The van der Waals surface area contributed by atoms with Gasteiger partial charge in [-0.1, -0.05) is 60.6 Å². The van der Waals surface area contributed by atoms with Crippen molar-refractivity contribution in [1.29, 1.82) is 0 Å². The van der Waals surface area contributed by atoms with Gasteiger partial charge in [0.1, 0.15) is 0 Å². The maximum atomic E-state index is 9.67. The molecule has 0 rings (SSSR count). The van der Waals surface area contributed by atoms with E-state index in [1.165, 1.54) is 0 Å². The molecule has 72 valence electrons. The van der Waals surface area contributed by atoms with Gasteiger partial charge in [0, 0.05) is 0 Å². The Morgan fingerprint density at radius 2 is 1.29 bits per heavy atom. The zero-order valence-electron chi connectivity index (χ0n) is 8.32. The minimum Gasteiger partial charge on any atom is -0.443 e. The molecule has 0 amide bonds. The molecule has 0 aliphatic carbocycles. The van der Waals surface area contributed by atoms with Gasteiger partial charge in [-0.2, -0.15) is 0 Å². The average molecular weight is 186 g/mol. The molecule has 0 aromatic rings. The summed E-state index contributed by atoms with van der Waals surface area (Å²) < 4.78 is 0. The van der Waals surface area contributed by atoms with Crippen LogP contribution in [0.1, 0.15) is 0 Å². The molecular formula is C12H15BO. The molecule has 1 N–H and O–H groups in total. The predicted octanol–water partition coefficient (Wildman–Crippen LogP) is 2.65. The Balaban J connectivity index is 4.38. The minimum absolute atomic E-state index is 0.587. The molecule has 0 aliphatic heterocycles. The summed E-state index contributed by atoms with van der Waals surface area (Å²) in [5.41, 5.74) is 1.17. The molecule has 0 fully saturated rings. The van der Waals surface area contributed by atoms with Gasteiger partial charge in [0.15, 0.2) is 0 Å². The van der Waals surface area contributed by atoms with Gasteiger partial charge in [-0.05, 0) is 0 Å². The fourth-order valence-electron chi connectivity index (χ4n) is 0.804. The summed E-state index contributed by atoms with van der Waals surface area (Å²) in [7, 11) is 0. The number of hydrogen-bond acceptors (Lipinski definition) is 1. The molecule has 0 unspecified atom stereocenters. The van der Waals surface area contributed by atoms with E-state index in [1.807, 2.05) is 0 Å². The molecule has 0 heterocycles. The summed E-state index contributed by atoms with van der Waals surface area (Å²) in [5.74, 6) is 0. The van der Waals surface area contributed by atoms with Crippen molar-refractivity contribution < 1.29 is 5.02 Å². The quantitative estimate of drug-likeness (QED) is 0.499. The Hall–Kier alpha value is -1.54. The molecule has 14 heavy (non-hydrogen) atoms. The molecular weight excluding hydrogens is 171 g/mol. The van der Waals surface area contributed by atoms with Gasteiger partial charge in [0.2, 0.25) is 0 Å². The van der Waals surface area contributed by atoms with E-state index in [4.69, 9.17) is 0 Å². The second-order valence-corrected chi connectivity index (χ2v) is 2.74. The first-order valence-electron chi connectivity index (χ1n) is 4.27. The fraction of sp³-hybridized carbons (Fsp3) is 0. The van der Waals surface area contributed by atoms with E-state index < -0.39 is 6.92 Å². The Morgan fingerprint density at radius 1 is 0.929 bits per heavy atom. The van der Waals surface area contributed by atoms with Crippen LogP contribution in [0, 0.1) is 0 Å². The molecule has 0 radical (unpaired) electrons. The lowest BCUT2D eigenvalue weighted by molar-refractivity contribution is 0.593. The highest BCUT2D eigenvalue weighted by atomic mass is 16.2. The molecule has 0 saturated heterocycles. The van der Waals surface area contributed by atoms with Gasteiger partial charge in [-0.3, -0.25) is 0 Å². The van der Waals surface area contributed by atoms with Crippen LogP contribution in [0.25, 0.3) is 0 Å². The van der Waals surface area contributed by atoms with Gasteiger partial charge in [0.05, 0.1) is 0 Å². The van der Waals surface area contributed by atoms with Crippen molar-refractivity contribution in [2.75, 3.05) is 0 Å². The molecule has 0 saturated carbocycles. The monoisotopic (exact) mass is 186 g/mol. The lowest BCUT2D eigenvalue weighted by Gasteiger charge is -2.05. The Morgan fingerprint density at radius 3 is 1.57 bits per heavy atom. The molecule has 0 aromatic heterocycles. The van der Waals surface area contributed by atoms with Crippen molar-refractivity contribution in [3.63, 3.8) is 0 Å². The van der Waals surface area contributed by atoms with Crippen LogP contribution < -0.4 is 0 Å². The van der Waals surface area contributed by atoms with E-state index in [0.717, 1.165) is 0 Å². The molecule has 0 atom stereocenters. The lowest BCUT2D eigenvalue weighted by atomic mass is 9.55. The largest absolute Gasteiger partial charge is 0.443 e. The summed E-state index contributed by atoms with van der Waals surface area (Å²) in [5, 5.41) is 9.67. The van der Waals surface area contributed by atoms with E-state index in [2.05, 4.69) is 26.3 Å². The third kappa shape index (κ3) is 4.48. The van der Waals surface area contributed by atoms with E-state index >= 15 is 0 Å². The Labute approximate surface area is 86.3 Å². The second kappa shape index (κ2) is 6.93. The van der Waals surface area contributed by atoms with Crippen molar-refractivity contribution in [3.8, 4) is 0 Å². The first kappa shape index (κ1) is 12.5. The Bertz CT molecular complexity index is 267. The van der Waals surface area contributed by atoms with Gasteiger partial charge in [0.25, 0.3) is 0 Å². The van der Waals surface area contributed by atoms with Crippen LogP contribution in [0.15, 0.2) is 73.7 Å². The zero-order chi connectivity index (χ0) is 11.0. The SMILES string of the molecule is C=C/C=C\C(=C)B(O)C(=C)/C=C\C=C. The molecule has 0 aliphatic rings. The predicted molar refractivity (Wildman–Crippen MR) is 64.9 cm³/mol. The first-order chi connectivity index (χ1) is 6.63. The summed E-state index contributed by atoms with van der Waals surface area (Å²) in [4.78, 5) is 0. The number of hydrogen-bond donors (Lipinski definition) is 1. The number of rotatable bonds is 6. The highest BCUT2D eigenvalue weighted by molar-refractivity contribution is 6.68.